The van der Waals surface area contributed by atoms with Gasteiger partial charge in [-0.05, 0) is 25.1 Å². The Kier molecular flexibility index (Phi) is 3.68. The number of pyridine rings is 1. The average molecular weight is 281 g/mol. The van der Waals surface area contributed by atoms with Crippen molar-refractivity contribution < 1.29 is 0 Å². The molecule has 2 heterocycles. The first-order chi connectivity index (χ1) is 10.2. The summed E-state index contributed by atoms with van der Waals surface area (Å²) in [6.45, 7) is 1.99. The number of hydrogen-bond donors (Lipinski definition) is 2. The van der Waals surface area contributed by atoms with Crippen LogP contribution in [0.2, 0.25) is 0 Å². The molecule has 3 N–H and O–H groups in total. The molecule has 5 heteroatoms. The second-order valence-corrected chi connectivity index (χ2v) is 5.25. The van der Waals surface area contributed by atoms with Crippen LogP contribution < -0.4 is 11.3 Å². The Morgan fingerprint density at radius 3 is 2.76 bits per heavy atom. The molecule has 5 nitrogen and oxygen atoms in total. The van der Waals surface area contributed by atoms with Gasteiger partial charge >= 0.3 is 0 Å². The van der Waals surface area contributed by atoms with Crippen LogP contribution in [0.15, 0.2) is 42.5 Å². The van der Waals surface area contributed by atoms with Gasteiger partial charge in [-0.3, -0.25) is 20.9 Å². The van der Waals surface area contributed by atoms with Crippen molar-refractivity contribution in [3.8, 4) is 0 Å². The highest BCUT2D eigenvalue weighted by atomic mass is 15.3. The van der Waals surface area contributed by atoms with Crippen molar-refractivity contribution >= 4 is 10.9 Å². The Balaban J connectivity index is 1.92. The predicted molar refractivity (Wildman–Crippen MR) is 83.5 cm³/mol. The molecular weight excluding hydrogens is 262 g/mol. The largest absolute Gasteiger partial charge is 0.272 e. The van der Waals surface area contributed by atoms with Crippen LogP contribution in [0.5, 0.6) is 0 Å². The Morgan fingerprint density at radius 2 is 2.05 bits per heavy atom. The summed E-state index contributed by atoms with van der Waals surface area (Å²) in [5.41, 5.74) is 6.93. The van der Waals surface area contributed by atoms with Crippen LogP contribution in [-0.2, 0) is 13.5 Å². The molecule has 1 aromatic carbocycles. The molecule has 0 fully saturated rings. The van der Waals surface area contributed by atoms with E-state index in [4.69, 9.17) is 10.8 Å². The number of rotatable bonds is 4. The van der Waals surface area contributed by atoms with E-state index in [9.17, 15) is 0 Å². The van der Waals surface area contributed by atoms with E-state index in [1.54, 1.807) is 0 Å². The second-order valence-electron chi connectivity index (χ2n) is 5.25. The van der Waals surface area contributed by atoms with Crippen molar-refractivity contribution in [1.82, 2.24) is 20.2 Å². The number of hydrazine groups is 1. The van der Waals surface area contributed by atoms with Crippen molar-refractivity contribution in [3.05, 3.63) is 59.5 Å². The number of hydrogen-bond acceptors (Lipinski definition) is 4. The van der Waals surface area contributed by atoms with Crippen LogP contribution in [0.4, 0.5) is 0 Å². The Labute approximate surface area is 123 Å². The summed E-state index contributed by atoms with van der Waals surface area (Å²) < 4.78 is 1.89. The fourth-order valence-corrected chi connectivity index (χ4v) is 2.59. The highest BCUT2D eigenvalue weighted by molar-refractivity contribution is 5.78. The molecule has 0 aliphatic rings. The van der Waals surface area contributed by atoms with Crippen molar-refractivity contribution in [2.24, 2.45) is 12.9 Å². The molecule has 0 saturated heterocycles. The van der Waals surface area contributed by atoms with Gasteiger partial charge in [-0.25, -0.2) is 0 Å². The molecule has 0 radical (unpaired) electrons. The lowest BCUT2D eigenvalue weighted by molar-refractivity contribution is 0.520. The number of aryl methyl sites for hydroxylation is 2. The van der Waals surface area contributed by atoms with Gasteiger partial charge in [-0.2, -0.15) is 5.10 Å². The van der Waals surface area contributed by atoms with Crippen LogP contribution in [0.3, 0.4) is 0 Å². The van der Waals surface area contributed by atoms with Crippen molar-refractivity contribution in [1.29, 1.82) is 0 Å². The first-order valence-electron chi connectivity index (χ1n) is 6.98. The van der Waals surface area contributed by atoms with Gasteiger partial charge in [-0.1, -0.05) is 24.3 Å². The van der Waals surface area contributed by atoms with E-state index in [0.29, 0.717) is 0 Å². The van der Waals surface area contributed by atoms with Crippen molar-refractivity contribution in [2.75, 3.05) is 0 Å². The average Bonchev–Trinajstić information content (AvgIpc) is 2.82. The quantitative estimate of drug-likeness (QED) is 0.567. The van der Waals surface area contributed by atoms with Crippen LogP contribution in [0.1, 0.15) is 23.1 Å². The van der Waals surface area contributed by atoms with E-state index in [-0.39, 0.29) is 6.04 Å². The molecule has 0 aliphatic heterocycles. The van der Waals surface area contributed by atoms with E-state index >= 15 is 0 Å². The molecule has 0 saturated carbocycles. The van der Waals surface area contributed by atoms with Crippen LogP contribution in [0.25, 0.3) is 10.9 Å². The molecule has 0 amide bonds. The molecule has 0 spiro atoms. The topological polar surface area (TPSA) is 68.8 Å². The summed E-state index contributed by atoms with van der Waals surface area (Å²) in [5.74, 6) is 5.73. The lowest BCUT2D eigenvalue weighted by Gasteiger charge is -2.16. The summed E-state index contributed by atoms with van der Waals surface area (Å²) in [7, 11) is 1.95. The maximum atomic E-state index is 5.73. The number of nitrogens with one attached hydrogen (secondary N) is 1. The monoisotopic (exact) mass is 281 g/mol. The maximum Gasteiger partial charge on any atom is 0.0706 e. The summed E-state index contributed by atoms with van der Waals surface area (Å²) in [6, 6.07) is 14.2. The number of aromatic nitrogens is 3. The van der Waals surface area contributed by atoms with E-state index in [2.05, 4.69) is 28.7 Å². The molecule has 1 unspecified atom stereocenters. The zero-order valence-corrected chi connectivity index (χ0v) is 12.2. The number of nitrogens with two attached hydrogens (primary N) is 1. The molecule has 1 atom stereocenters. The number of benzene rings is 1. The third-order valence-electron chi connectivity index (χ3n) is 3.69. The summed E-state index contributed by atoms with van der Waals surface area (Å²) in [4.78, 5) is 4.71. The molecule has 108 valence electrons. The first-order valence-corrected chi connectivity index (χ1v) is 6.98. The zero-order valence-electron chi connectivity index (χ0n) is 12.2. The minimum absolute atomic E-state index is 0.0376. The van der Waals surface area contributed by atoms with Crippen molar-refractivity contribution in [2.45, 2.75) is 19.4 Å². The van der Waals surface area contributed by atoms with E-state index in [0.717, 1.165) is 34.4 Å². The summed E-state index contributed by atoms with van der Waals surface area (Å²) in [5, 5.41) is 5.50. The lowest BCUT2D eigenvalue weighted by Crippen LogP contribution is -2.30. The van der Waals surface area contributed by atoms with E-state index in [1.165, 1.54) is 0 Å². The van der Waals surface area contributed by atoms with Crippen LogP contribution in [0, 0.1) is 6.92 Å². The molecule has 3 aromatic rings. The smallest absolute Gasteiger partial charge is 0.0706 e. The van der Waals surface area contributed by atoms with Gasteiger partial charge in [0.25, 0.3) is 0 Å². The molecule has 21 heavy (non-hydrogen) atoms. The third kappa shape index (κ3) is 2.79. The Bertz CT molecular complexity index is 762. The van der Waals surface area contributed by atoms with Crippen LogP contribution >= 0.6 is 0 Å². The Hall–Kier alpha value is -2.24. The molecule has 0 bridgehead atoms. The standard InChI is InChI=1S/C16H19N5/c1-11-9-13(21(2)20-11)10-16(19-17)15-8-7-12-5-3-4-6-14(12)18-15/h3-9,16,19H,10,17H2,1-2H3. The summed E-state index contributed by atoms with van der Waals surface area (Å²) in [6.07, 6.45) is 0.749. The number of fused-ring (bicyclic) bond motifs is 1. The van der Waals surface area contributed by atoms with Gasteiger partial charge in [0.2, 0.25) is 0 Å². The number of nitrogens with zero attached hydrogens (tertiary/aromatic N) is 3. The highest BCUT2D eigenvalue weighted by Gasteiger charge is 2.15. The zero-order chi connectivity index (χ0) is 14.8. The molecule has 0 aliphatic carbocycles. The van der Waals surface area contributed by atoms with E-state index in [1.807, 2.05) is 42.9 Å². The fraction of sp³-hybridized carbons (Fsp3) is 0.250. The maximum absolute atomic E-state index is 5.73. The van der Waals surface area contributed by atoms with Crippen molar-refractivity contribution in [3.63, 3.8) is 0 Å². The normalized spacial score (nSPS) is 12.7. The molecular formula is C16H19N5. The minimum Gasteiger partial charge on any atom is -0.272 e. The van der Waals surface area contributed by atoms with Gasteiger partial charge in [0.05, 0.1) is 22.9 Å². The first kappa shape index (κ1) is 13.7. The minimum atomic E-state index is -0.0376. The second kappa shape index (κ2) is 5.63. The molecule has 3 rings (SSSR count). The van der Waals surface area contributed by atoms with Crippen LogP contribution in [-0.4, -0.2) is 14.8 Å². The third-order valence-corrected chi connectivity index (χ3v) is 3.69. The fourth-order valence-electron chi connectivity index (χ4n) is 2.59. The van der Waals surface area contributed by atoms with Gasteiger partial charge in [0, 0.05) is 24.5 Å². The van der Waals surface area contributed by atoms with Gasteiger partial charge in [0.1, 0.15) is 0 Å². The van der Waals surface area contributed by atoms with Gasteiger partial charge in [0.15, 0.2) is 0 Å². The SMILES string of the molecule is Cc1cc(CC(NN)c2ccc3ccccc3n2)n(C)n1. The highest BCUT2D eigenvalue weighted by Crippen LogP contribution is 2.19. The molecule has 2 aromatic heterocycles. The van der Waals surface area contributed by atoms with E-state index < -0.39 is 0 Å². The lowest BCUT2D eigenvalue weighted by atomic mass is 10.1. The van der Waals surface area contributed by atoms with Gasteiger partial charge in [-0.15, -0.1) is 0 Å². The van der Waals surface area contributed by atoms with Gasteiger partial charge < -0.3 is 0 Å². The Morgan fingerprint density at radius 1 is 1.24 bits per heavy atom. The number of para-hydroxylation sites is 1. The summed E-state index contributed by atoms with van der Waals surface area (Å²) >= 11 is 0. The predicted octanol–water partition coefficient (Wildman–Crippen LogP) is 2.02.